The molecular formula is C15H24N2S. The van der Waals surface area contributed by atoms with Crippen molar-refractivity contribution in [1.82, 2.24) is 5.32 Å². The summed E-state index contributed by atoms with van der Waals surface area (Å²) in [4.78, 5) is 0. The maximum atomic E-state index is 3.62. The van der Waals surface area contributed by atoms with Crippen LogP contribution in [0.5, 0.6) is 0 Å². The Hall–Kier alpha value is -0.670. The molecule has 18 heavy (non-hydrogen) atoms. The normalized spacial score (nSPS) is 15.9. The molecular weight excluding hydrogens is 240 g/mol. The third-order valence-electron chi connectivity index (χ3n) is 3.37. The fraction of sp³-hybridized carbons (Fsp3) is 0.600. The van der Waals surface area contributed by atoms with Crippen LogP contribution in [-0.2, 0) is 13.0 Å². The lowest BCUT2D eigenvalue weighted by Crippen LogP contribution is -2.28. The maximum absolute atomic E-state index is 3.62. The molecule has 0 amide bonds. The van der Waals surface area contributed by atoms with Crippen molar-refractivity contribution in [2.75, 3.05) is 23.4 Å². The minimum Gasteiger partial charge on any atom is -0.385 e. The first-order valence-electron chi connectivity index (χ1n) is 6.97. The molecule has 1 atom stereocenters. The highest BCUT2D eigenvalue weighted by Crippen LogP contribution is 2.25. The van der Waals surface area contributed by atoms with Crippen LogP contribution in [0.25, 0.3) is 0 Å². The average Bonchev–Trinajstić information content (AvgIpc) is 2.42. The number of benzene rings is 1. The topological polar surface area (TPSA) is 24.1 Å². The molecule has 0 saturated carbocycles. The van der Waals surface area contributed by atoms with E-state index in [4.69, 9.17) is 0 Å². The van der Waals surface area contributed by atoms with E-state index in [0.717, 1.165) is 13.1 Å². The Morgan fingerprint density at radius 2 is 2.33 bits per heavy atom. The lowest BCUT2D eigenvalue weighted by atomic mass is 9.99. The molecule has 1 unspecified atom stereocenters. The van der Waals surface area contributed by atoms with E-state index in [9.17, 15) is 0 Å². The lowest BCUT2D eigenvalue weighted by Gasteiger charge is -2.22. The number of nitrogens with one attached hydrogen (secondary N) is 2. The number of hydrogen-bond donors (Lipinski definition) is 2. The average molecular weight is 264 g/mol. The molecule has 1 aromatic rings. The molecule has 0 fully saturated rings. The van der Waals surface area contributed by atoms with Gasteiger partial charge in [0.1, 0.15) is 0 Å². The minimum absolute atomic E-state index is 0.578. The summed E-state index contributed by atoms with van der Waals surface area (Å²) in [6.07, 6.45) is 2.48. The van der Waals surface area contributed by atoms with Gasteiger partial charge in [0.25, 0.3) is 0 Å². The number of rotatable bonds is 6. The first kappa shape index (κ1) is 13.8. The fourth-order valence-electron chi connectivity index (χ4n) is 2.37. The number of aryl methyl sites for hydroxylation is 1. The lowest BCUT2D eigenvalue weighted by molar-refractivity contribution is 0.595. The Kier molecular flexibility index (Phi) is 5.39. The fourth-order valence-corrected chi connectivity index (χ4v) is 3.07. The Balaban J connectivity index is 1.93. The van der Waals surface area contributed by atoms with E-state index in [0.29, 0.717) is 6.04 Å². The van der Waals surface area contributed by atoms with Crippen molar-refractivity contribution in [1.29, 1.82) is 0 Å². The van der Waals surface area contributed by atoms with E-state index in [-0.39, 0.29) is 0 Å². The molecule has 0 aromatic heterocycles. The zero-order chi connectivity index (χ0) is 12.8. The van der Waals surface area contributed by atoms with E-state index in [1.165, 1.54) is 41.2 Å². The maximum Gasteiger partial charge on any atom is 0.0418 e. The second kappa shape index (κ2) is 7.05. The van der Waals surface area contributed by atoms with Crippen LogP contribution in [0.1, 0.15) is 31.4 Å². The highest BCUT2D eigenvalue weighted by molar-refractivity contribution is 7.99. The number of thioether (sulfide) groups is 1. The number of anilines is 1. The SMILES string of the molecule is CCSCC(C)NCc1cccc2c1NCCC2. The van der Waals surface area contributed by atoms with Crippen molar-refractivity contribution in [2.45, 2.75) is 39.3 Å². The monoisotopic (exact) mass is 264 g/mol. The number of para-hydroxylation sites is 1. The Morgan fingerprint density at radius 1 is 1.44 bits per heavy atom. The van der Waals surface area contributed by atoms with Gasteiger partial charge in [-0.1, -0.05) is 25.1 Å². The molecule has 0 spiro atoms. The van der Waals surface area contributed by atoms with Gasteiger partial charge in [0, 0.05) is 30.6 Å². The zero-order valence-electron chi connectivity index (χ0n) is 11.5. The molecule has 100 valence electrons. The minimum atomic E-state index is 0.578. The summed E-state index contributed by atoms with van der Waals surface area (Å²) >= 11 is 2.00. The van der Waals surface area contributed by atoms with E-state index in [1.54, 1.807) is 0 Å². The van der Waals surface area contributed by atoms with Crippen LogP contribution >= 0.6 is 11.8 Å². The molecule has 2 nitrogen and oxygen atoms in total. The molecule has 3 heteroatoms. The van der Waals surface area contributed by atoms with Gasteiger partial charge >= 0.3 is 0 Å². The number of hydrogen-bond acceptors (Lipinski definition) is 3. The van der Waals surface area contributed by atoms with Crippen molar-refractivity contribution >= 4 is 17.4 Å². The highest BCUT2D eigenvalue weighted by atomic mass is 32.2. The Bertz CT molecular complexity index is 379. The second-order valence-corrected chi connectivity index (χ2v) is 6.24. The molecule has 1 aliphatic rings. The van der Waals surface area contributed by atoms with E-state index in [1.807, 2.05) is 11.8 Å². The van der Waals surface area contributed by atoms with Crippen LogP contribution in [0.15, 0.2) is 18.2 Å². The molecule has 2 N–H and O–H groups in total. The highest BCUT2D eigenvalue weighted by Gasteiger charge is 2.12. The smallest absolute Gasteiger partial charge is 0.0418 e. The van der Waals surface area contributed by atoms with Crippen molar-refractivity contribution < 1.29 is 0 Å². The van der Waals surface area contributed by atoms with Gasteiger partial charge in [-0.05, 0) is 36.6 Å². The van der Waals surface area contributed by atoms with Crippen LogP contribution in [-0.4, -0.2) is 24.1 Å². The largest absolute Gasteiger partial charge is 0.385 e. The van der Waals surface area contributed by atoms with Crippen LogP contribution in [0.2, 0.25) is 0 Å². The molecule has 0 aliphatic carbocycles. The summed E-state index contributed by atoms with van der Waals surface area (Å²) in [6.45, 7) is 6.58. The number of fused-ring (bicyclic) bond motifs is 1. The van der Waals surface area contributed by atoms with E-state index in [2.05, 4.69) is 42.7 Å². The summed E-state index contributed by atoms with van der Waals surface area (Å²) in [5.41, 5.74) is 4.28. The van der Waals surface area contributed by atoms with Crippen LogP contribution in [0.3, 0.4) is 0 Å². The van der Waals surface area contributed by atoms with Crippen LogP contribution in [0.4, 0.5) is 5.69 Å². The molecule has 1 heterocycles. The zero-order valence-corrected chi connectivity index (χ0v) is 12.3. The van der Waals surface area contributed by atoms with Crippen molar-refractivity contribution in [2.24, 2.45) is 0 Å². The first-order chi connectivity index (χ1) is 8.81. The van der Waals surface area contributed by atoms with Gasteiger partial charge < -0.3 is 10.6 Å². The van der Waals surface area contributed by atoms with Gasteiger partial charge in [0.15, 0.2) is 0 Å². The summed E-state index contributed by atoms with van der Waals surface area (Å²) in [5.74, 6) is 2.40. The van der Waals surface area contributed by atoms with Gasteiger partial charge in [-0.3, -0.25) is 0 Å². The third-order valence-corrected chi connectivity index (χ3v) is 4.52. The van der Waals surface area contributed by atoms with Crippen molar-refractivity contribution in [3.05, 3.63) is 29.3 Å². The molecule has 0 bridgehead atoms. The predicted molar refractivity (Wildman–Crippen MR) is 82.6 cm³/mol. The standard InChI is InChI=1S/C15H24N2S/c1-3-18-11-12(2)17-10-14-7-4-6-13-8-5-9-16-15(13)14/h4,6-7,12,16-17H,3,5,8-11H2,1-2H3. The second-order valence-electron chi connectivity index (χ2n) is 4.92. The first-order valence-corrected chi connectivity index (χ1v) is 8.12. The third kappa shape index (κ3) is 3.66. The van der Waals surface area contributed by atoms with Crippen LogP contribution in [0, 0.1) is 0 Å². The molecule has 0 radical (unpaired) electrons. The summed E-state index contributed by atoms with van der Waals surface area (Å²) in [7, 11) is 0. The molecule has 1 aliphatic heterocycles. The van der Waals surface area contributed by atoms with Gasteiger partial charge in [0.2, 0.25) is 0 Å². The summed E-state index contributed by atoms with van der Waals surface area (Å²) < 4.78 is 0. The van der Waals surface area contributed by atoms with Gasteiger partial charge in [-0.25, -0.2) is 0 Å². The quantitative estimate of drug-likeness (QED) is 0.824. The summed E-state index contributed by atoms with van der Waals surface area (Å²) in [5, 5.41) is 7.18. The van der Waals surface area contributed by atoms with Gasteiger partial charge in [0.05, 0.1) is 0 Å². The van der Waals surface area contributed by atoms with Gasteiger partial charge in [-0.15, -0.1) is 0 Å². The Morgan fingerprint density at radius 3 is 3.17 bits per heavy atom. The molecule has 1 aromatic carbocycles. The van der Waals surface area contributed by atoms with Crippen molar-refractivity contribution in [3.8, 4) is 0 Å². The van der Waals surface area contributed by atoms with E-state index >= 15 is 0 Å². The van der Waals surface area contributed by atoms with E-state index < -0.39 is 0 Å². The Labute approximate surface area is 115 Å². The molecule has 0 saturated heterocycles. The van der Waals surface area contributed by atoms with Crippen LogP contribution < -0.4 is 10.6 Å². The predicted octanol–water partition coefficient (Wildman–Crippen LogP) is 3.28. The summed E-state index contributed by atoms with van der Waals surface area (Å²) in [6, 6.07) is 7.26. The molecule has 2 rings (SSSR count). The van der Waals surface area contributed by atoms with Gasteiger partial charge in [-0.2, -0.15) is 11.8 Å². The van der Waals surface area contributed by atoms with Crippen molar-refractivity contribution in [3.63, 3.8) is 0 Å².